The molecule has 1 fully saturated rings. The minimum absolute atomic E-state index is 0.307. The van der Waals surface area contributed by atoms with Gasteiger partial charge in [0.15, 0.2) is 11.3 Å². The Labute approximate surface area is 191 Å². The molecule has 0 amide bonds. The van der Waals surface area contributed by atoms with Crippen LogP contribution in [0.2, 0.25) is 0 Å². The maximum absolute atomic E-state index is 9.75. The smallest absolute Gasteiger partial charge is 0.165 e. The zero-order valence-corrected chi connectivity index (χ0v) is 18.7. The van der Waals surface area contributed by atoms with Crippen LogP contribution in [0.5, 0.6) is 0 Å². The van der Waals surface area contributed by atoms with Crippen LogP contribution in [0.25, 0.3) is 39.1 Å². The maximum Gasteiger partial charge on any atom is 0.165 e. The van der Waals surface area contributed by atoms with Crippen LogP contribution in [0, 0.1) is 13.8 Å². The third-order valence-corrected chi connectivity index (χ3v) is 6.64. The second kappa shape index (κ2) is 7.20. The molecule has 6 rings (SSSR count). The summed E-state index contributed by atoms with van der Waals surface area (Å²) in [6.45, 7) is 4.05. The number of hydrogen-bond donors (Lipinski definition) is 2. The SMILES string of the molecule is Cc1cccc(-c2cc3cnc4cc(C)nn4c3nc2-c2ccc(C3(N)CC(O)C3)cc2)c1. The molecule has 3 heterocycles. The van der Waals surface area contributed by atoms with Gasteiger partial charge in [-0.3, -0.25) is 0 Å². The molecule has 6 heteroatoms. The molecular formula is C27H25N5O. The van der Waals surface area contributed by atoms with Crippen molar-refractivity contribution in [1.82, 2.24) is 19.6 Å². The van der Waals surface area contributed by atoms with E-state index in [4.69, 9.17) is 10.7 Å². The number of aromatic nitrogens is 4. The van der Waals surface area contributed by atoms with Gasteiger partial charge in [0, 0.05) is 34.3 Å². The van der Waals surface area contributed by atoms with E-state index >= 15 is 0 Å². The molecule has 3 N–H and O–H groups in total. The van der Waals surface area contributed by atoms with Gasteiger partial charge in [0.25, 0.3) is 0 Å². The lowest BCUT2D eigenvalue weighted by molar-refractivity contribution is 0.0209. The van der Waals surface area contributed by atoms with E-state index in [0.717, 1.165) is 50.3 Å². The summed E-state index contributed by atoms with van der Waals surface area (Å²) in [6, 6.07) is 20.8. The Hall–Kier alpha value is -3.61. The van der Waals surface area contributed by atoms with Gasteiger partial charge in [-0.1, -0.05) is 54.1 Å². The maximum atomic E-state index is 9.75. The zero-order chi connectivity index (χ0) is 22.7. The van der Waals surface area contributed by atoms with Gasteiger partial charge in [0.1, 0.15) is 0 Å². The summed E-state index contributed by atoms with van der Waals surface area (Å²) in [5.74, 6) is 0. The van der Waals surface area contributed by atoms with Gasteiger partial charge in [-0.25, -0.2) is 9.97 Å². The van der Waals surface area contributed by atoms with Crippen molar-refractivity contribution < 1.29 is 5.11 Å². The molecular weight excluding hydrogens is 410 g/mol. The molecule has 0 saturated heterocycles. The summed E-state index contributed by atoms with van der Waals surface area (Å²) >= 11 is 0. The fraction of sp³-hybridized carbons (Fsp3) is 0.222. The number of aryl methyl sites for hydroxylation is 2. The standard InChI is InChI=1S/C27H25N5O/c1-16-4-3-5-19(10-16)23-12-20-15-29-24-11-17(2)31-32(24)26(20)30-25(23)18-6-8-21(9-7-18)27(28)13-22(33)14-27/h3-12,15,22,33H,13-14,28H2,1-2H3. The number of benzene rings is 2. The second-order valence-electron chi connectivity index (χ2n) is 9.28. The van der Waals surface area contributed by atoms with Gasteiger partial charge >= 0.3 is 0 Å². The van der Waals surface area contributed by atoms with Crippen molar-refractivity contribution in [2.24, 2.45) is 5.73 Å². The predicted octanol–water partition coefficient (Wildman–Crippen LogP) is 4.54. The lowest BCUT2D eigenvalue weighted by Crippen LogP contribution is -2.51. The summed E-state index contributed by atoms with van der Waals surface area (Å²) in [5.41, 5.74) is 14.8. The topological polar surface area (TPSA) is 89.3 Å². The third kappa shape index (κ3) is 3.30. The molecule has 5 aromatic rings. The van der Waals surface area contributed by atoms with Crippen LogP contribution in [0.15, 0.2) is 66.9 Å². The summed E-state index contributed by atoms with van der Waals surface area (Å²) in [7, 11) is 0. The molecule has 6 nitrogen and oxygen atoms in total. The van der Waals surface area contributed by atoms with Gasteiger partial charge in [-0.05, 0) is 43.9 Å². The highest BCUT2D eigenvalue weighted by molar-refractivity contribution is 5.90. The average molecular weight is 436 g/mol. The lowest BCUT2D eigenvalue weighted by atomic mass is 9.70. The minimum Gasteiger partial charge on any atom is -0.393 e. The fourth-order valence-electron chi connectivity index (χ4n) is 4.88. The number of nitrogens with two attached hydrogens (primary N) is 1. The quantitative estimate of drug-likeness (QED) is 0.434. The fourth-order valence-corrected chi connectivity index (χ4v) is 4.88. The third-order valence-electron chi connectivity index (χ3n) is 6.64. The number of fused-ring (bicyclic) bond motifs is 3. The Bertz CT molecular complexity index is 1510. The number of aliphatic hydroxyl groups excluding tert-OH is 1. The lowest BCUT2D eigenvalue weighted by Gasteiger charge is -2.42. The van der Waals surface area contributed by atoms with Crippen LogP contribution in [-0.4, -0.2) is 30.8 Å². The normalized spacial score (nSPS) is 20.3. The number of rotatable bonds is 3. The van der Waals surface area contributed by atoms with Crippen LogP contribution in [0.3, 0.4) is 0 Å². The van der Waals surface area contributed by atoms with Gasteiger partial charge < -0.3 is 10.8 Å². The highest BCUT2D eigenvalue weighted by Crippen LogP contribution is 2.40. The first-order valence-electron chi connectivity index (χ1n) is 11.2. The molecule has 0 radical (unpaired) electrons. The first-order valence-corrected chi connectivity index (χ1v) is 11.2. The number of nitrogens with zero attached hydrogens (tertiary/aromatic N) is 4. The van der Waals surface area contributed by atoms with Crippen molar-refractivity contribution in [3.8, 4) is 22.4 Å². The number of aliphatic hydroxyl groups is 1. The van der Waals surface area contributed by atoms with E-state index in [1.54, 1.807) is 0 Å². The van der Waals surface area contributed by atoms with Crippen molar-refractivity contribution in [3.63, 3.8) is 0 Å². The molecule has 0 unspecified atom stereocenters. The molecule has 164 valence electrons. The molecule has 3 aromatic heterocycles. The van der Waals surface area contributed by atoms with Gasteiger partial charge in [0.05, 0.1) is 17.5 Å². The van der Waals surface area contributed by atoms with Gasteiger partial charge in [-0.15, -0.1) is 0 Å². The monoisotopic (exact) mass is 435 g/mol. The van der Waals surface area contributed by atoms with Crippen molar-refractivity contribution in [2.75, 3.05) is 0 Å². The minimum atomic E-state index is -0.446. The predicted molar refractivity (Wildman–Crippen MR) is 130 cm³/mol. The molecule has 2 aromatic carbocycles. The highest BCUT2D eigenvalue weighted by Gasteiger charge is 2.41. The largest absolute Gasteiger partial charge is 0.393 e. The van der Waals surface area contributed by atoms with Crippen LogP contribution >= 0.6 is 0 Å². The molecule has 1 aliphatic rings. The van der Waals surface area contributed by atoms with Crippen LogP contribution < -0.4 is 5.73 Å². The first-order chi connectivity index (χ1) is 15.9. The molecule has 0 bridgehead atoms. The van der Waals surface area contributed by atoms with Crippen LogP contribution in [0.1, 0.15) is 29.7 Å². The number of hydrogen-bond acceptors (Lipinski definition) is 5. The van der Waals surface area contributed by atoms with Crippen LogP contribution in [-0.2, 0) is 5.54 Å². The van der Waals surface area contributed by atoms with Gasteiger partial charge in [-0.2, -0.15) is 9.61 Å². The molecule has 1 aliphatic carbocycles. The van der Waals surface area contributed by atoms with Crippen molar-refractivity contribution >= 4 is 16.7 Å². The average Bonchev–Trinajstić information content (AvgIpc) is 3.18. The van der Waals surface area contributed by atoms with E-state index in [-0.39, 0.29) is 6.10 Å². The van der Waals surface area contributed by atoms with Gasteiger partial charge in [0.2, 0.25) is 0 Å². The Kier molecular flexibility index (Phi) is 4.37. The summed E-state index contributed by atoms with van der Waals surface area (Å²) in [4.78, 5) is 9.69. The summed E-state index contributed by atoms with van der Waals surface area (Å²) < 4.78 is 1.81. The Morgan fingerprint density at radius 3 is 2.52 bits per heavy atom. The first kappa shape index (κ1) is 20.0. The summed E-state index contributed by atoms with van der Waals surface area (Å²) in [6.07, 6.45) is 2.75. The van der Waals surface area contributed by atoms with Crippen molar-refractivity contribution in [2.45, 2.75) is 38.3 Å². The highest BCUT2D eigenvalue weighted by atomic mass is 16.3. The van der Waals surface area contributed by atoms with E-state index in [2.05, 4.69) is 71.6 Å². The Balaban J connectivity index is 1.56. The van der Waals surface area contributed by atoms with E-state index < -0.39 is 5.54 Å². The van der Waals surface area contributed by atoms with Crippen molar-refractivity contribution in [1.29, 1.82) is 0 Å². The van der Waals surface area contributed by atoms with E-state index in [1.807, 2.05) is 23.7 Å². The van der Waals surface area contributed by atoms with Crippen LogP contribution in [0.4, 0.5) is 0 Å². The molecule has 0 spiro atoms. The number of pyridine rings is 1. The van der Waals surface area contributed by atoms with E-state index in [0.29, 0.717) is 12.8 Å². The molecule has 33 heavy (non-hydrogen) atoms. The zero-order valence-electron chi connectivity index (χ0n) is 18.7. The molecule has 0 aliphatic heterocycles. The summed E-state index contributed by atoms with van der Waals surface area (Å²) in [5, 5.41) is 15.3. The van der Waals surface area contributed by atoms with E-state index in [1.165, 1.54) is 5.56 Å². The molecule has 1 saturated carbocycles. The molecule has 0 atom stereocenters. The van der Waals surface area contributed by atoms with Crippen molar-refractivity contribution in [3.05, 3.63) is 83.7 Å². The Morgan fingerprint density at radius 2 is 1.79 bits per heavy atom. The second-order valence-corrected chi connectivity index (χ2v) is 9.28. The Morgan fingerprint density at radius 1 is 1.00 bits per heavy atom. The van der Waals surface area contributed by atoms with E-state index in [9.17, 15) is 5.11 Å².